The van der Waals surface area contributed by atoms with E-state index in [2.05, 4.69) is 18.5 Å². The zero-order chi connectivity index (χ0) is 14.7. The number of nitrogens with two attached hydrogens (primary N) is 1. The van der Waals surface area contributed by atoms with E-state index >= 15 is 0 Å². The largest absolute Gasteiger partial charge is 0.383 e. The van der Waals surface area contributed by atoms with Crippen LogP contribution in [-0.2, 0) is 13.0 Å². The van der Waals surface area contributed by atoms with Crippen molar-refractivity contribution in [3.63, 3.8) is 0 Å². The van der Waals surface area contributed by atoms with E-state index in [0.29, 0.717) is 28.6 Å². The molecule has 106 valence electrons. The van der Waals surface area contributed by atoms with Gasteiger partial charge in [-0.05, 0) is 24.6 Å². The van der Waals surface area contributed by atoms with E-state index in [-0.39, 0.29) is 0 Å². The number of benzene rings is 1. The Kier molecular flexibility index (Phi) is 4.45. The maximum absolute atomic E-state index is 14.0. The van der Waals surface area contributed by atoms with Crippen LogP contribution in [-0.4, -0.2) is 9.55 Å². The normalized spacial score (nSPS) is 10.8. The molecule has 1 aromatic carbocycles. The third-order valence-electron chi connectivity index (χ3n) is 3.06. The smallest absolute Gasteiger partial charge is 0.134 e. The highest BCUT2D eigenvalue weighted by atomic mass is 35.5. The first kappa shape index (κ1) is 14.6. The maximum Gasteiger partial charge on any atom is 0.134 e. The molecule has 20 heavy (non-hydrogen) atoms. The molecule has 0 bridgehead atoms. The van der Waals surface area contributed by atoms with Gasteiger partial charge in [0, 0.05) is 23.6 Å². The summed E-state index contributed by atoms with van der Waals surface area (Å²) >= 11 is 5.77. The van der Waals surface area contributed by atoms with Crippen molar-refractivity contribution in [1.29, 1.82) is 0 Å². The van der Waals surface area contributed by atoms with E-state index in [4.69, 9.17) is 17.3 Å². The van der Waals surface area contributed by atoms with Crippen molar-refractivity contribution in [3.05, 3.63) is 47.5 Å². The first-order chi connectivity index (χ1) is 9.58. The fourth-order valence-electron chi connectivity index (χ4n) is 2.14. The lowest BCUT2D eigenvalue weighted by atomic mass is 10.1. The zero-order valence-electron chi connectivity index (χ0n) is 11.4. The van der Waals surface area contributed by atoms with Crippen molar-refractivity contribution < 1.29 is 4.39 Å². The molecule has 5 heteroatoms. The summed E-state index contributed by atoms with van der Waals surface area (Å²) in [6, 6.07) is 4.50. The quantitative estimate of drug-likeness (QED) is 0.845. The minimum atomic E-state index is -0.421. The van der Waals surface area contributed by atoms with Crippen molar-refractivity contribution in [3.8, 4) is 11.3 Å². The van der Waals surface area contributed by atoms with Crippen LogP contribution < -0.4 is 5.73 Å². The Hall–Kier alpha value is -1.81. The second-order valence-electron chi connectivity index (χ2n) is 4.54. The lowest BCUT2D eigenvalue weighted by Gasteiger charge is -2.06. The van der Waals surface area contributed by atoms with Crippen LogP contribution in [0.2, 0.25) is 5.02 Å². The Balaban J connectivity index is 2.56. The summed E-state index contributed by atoms with van der Waals surface area (Å²) < 4.78 is 15.9. The Morgan fingerprint density at radius 2 is 2.25 bits per heavy atom. The van der Waals surface area contributed by atoms with Gasteiger partial charge >= 0.3 is 0 Å². The SMILES string of the molecule is C=CCn1c(CCC)nc(-c2ccc(Cl)cc2F)c1N. The molecular formula is C15H17ClFN3. The van der Waals surface area contributed by atoms with Crippen LogP contribution >= 0.6 is 11.6 Å². The Bertz CT molecular complexity index is 634. The number of nitrogen functional groups attached to an aromatic ring is 1. The number of aromatic nitrogens is 2. The molecule has 1 heterocycles. The van der Waals surface area contributed by atoms with E-state index in [1.54, 1.807) is 18.2 Å². The molecule has 2 rings (SSSR count). The summed E-state index contributed by atoms with van der Waals surface area (Å²) in [6.07, 6.45) is 3.47. The lowest BCUT2D eigenvalue weighted by molar-refractivity contribution is 0.631. The van der Waals surface area contributed by atoms with Gasteiger partial charge in [0.2, 0.25) is 0 Å². The van der Waals surface area contributed by atoms with E-state index in [0.717, 1.165) is 18.7 Å². The fourth-order valence-corrected chi connectivity index (χ4v) is 2.30. The molecule has 2 aromatic rings. The van der Waals surface area contributed by atoms with E-state index in [1.807, 2.05) is 4.57 Å². The molecule has 3 nitrogen and oxygen atoms in total. The highest BCUT2D eigenvalue weighted by Gasteiger charge is 2.17. The highest BCUT2D eigenvalue weighted by Crippen LogP contribution is 2.30. The van der Waals surface area contributed by atoms with Crippen molar-refractivity contribution in [1.82, 2.24) is 9.55 Å². The van der Waals surface area contributed by atoms with Crippen LogP contribution in [0.4, 0.5) is 10.2 Å². The molecule has 0 aliphatic rings. The molecule has 0 fully saturated rings. The van der Waals surface area contributed by atoms with Crippen LogP contribution in [0.5, 0.6) is 0 Å². The van der Waals surface area contributed by atoms with Gasteiger partial charge in [0.05, 0.1) is 0 Å². The average molecular weight is 294 g/mol. The van der Waals surface area contributed by atoms with E-state index in [9.17, 15) is 4.39 Å². The summed E-state index contributed by atoms with van der Waals surface area (Å²) in [5.41, 5.74) is 6.94. The predicted molar refractivity (Wildman–Crippen MR) is 81.2 cm³/mol. The standard InChI is InChI=1S/C15H17ClFN3/c1-3-5-13-19-14(15(18)20(13)8-4-2)11-7-6-10(16)9-12(11)17/h4,6-7,9H,2-3,5,8,18H2,1H3. The Morgan fingerprint density at radius 3 is 2.85 bits per heavy atom. The molecule has 0 radical (unpaired) electrons. The van der Waals surface area contributed by atoms with Crippen LogP contribution in [0.1, 0.15) is 19.2 Å². The molecule has 0 spiro atoms. The molecule has 0 saturated carbocycles. The molecule has 0 unspecified atom stereocenters. The minimum absolute atomic E-state index is 0.351. The number of aryl methyl sites for hydroxylation is 1. The number of hydrogen-bond acceptors (Lipinski definition) is 2. The summed E-state index contributed by atoms with van der Waals surface area (Å²) in [5, 5.41) is 0.351. The summed E-state index contributed by atoms with van der Waals surface area (Å²) in [7, 11) is 0. The number of imidazole rings is 1. The van der Waals surface area contributed by atoms with Crippen molar-refractivity contribution in [2.75, 3.05) is 5.73 Å². The first-order valence-electron chi connectivity index (χ1n) is 6.49. The Morgan fingerprint density at radius 1 is 1.50 bits per heavy atom. The monoisotopic (exact) mass is 293 g/mol. The average Bonchev–Trinajstić information content (AvgIpc) is 2.69. The molecule has 2 N–H and O–H groups in total. The summed E-state index contributed by atoms with van der Waals surface area (Å²) in [4.78, 5) is 4.49. The second-order valence-corrected chi connectivity index (χ2v) is 4.97. The summed E-state index contributed by atoms with van der Waals surface area (Å²) in [6.45, 7) is 6.33. The van der Waals surface area contributed by atoms with Crippen LogP contribution in [0.25, 0.3) is 11.3 Å². The molecule has 0 aliphatic heterocycles. The number of hydrogen-bond donors (Lipinski definition) is 1. The van der Waals surface area contributed by atoms with Gasteiger partial charge < -0.3 is 10.3 Å². The van der Waals surface area contributed by atoms with Crippen LogP contribution in [0.15, 0.2) is 30.9 Å². The number of nitrogens with zero attached hydrogens (tertiary/aromatic N) is 2. The predicted octanol–water partition coefficient (Wildman–Crippen LogP) is 4.06. The molecule has 0 amide bonds. The maximum atomic E-state index is 14.0. The number of rotatable bonds is 5. The molecule has 0 saturated heterocycles. The number of allylic oxidation sites excluding steroid dienone is 1. The van der Waals surface area contributed by atoms with Gasteiger partial charge in [0.1, 0.15) is 23.2 Å². The molecule has 1 aromatic heterocycles. The van der Waals surface area contributed by atoms with E-state index < -0.39 is 5.82 Å². The summed E-state index contributed by atoms with van der Waals surface area (Å²) in [5.74, 6) is 0.874. The molecule has 0 atom stereocenters. The zero-order valence-corrected chi connectivity index (χ0v) is 12.1. The third-order valence-corrected chi connectivity index (χ3v) is 3.29. The van der Waals surface area contributed by atoms with Gasteiger partial charge in [-0.3, -0.25) is 0 Å². The van der Waals surface area contributed by atoms with Crippen molar-refractivity contribution >= 4 is 17.4 Å². The molecule has 0 aliphatic carbocycles. The number of halogens is 2. The van der Waals surface area contributed by atoms with Gasteiger partial charge in [0.15, 0.2) is 0 Å². The lowest BCUT2D eigenvalue weighted by Crippen LogP contribution is -2.05. The molecular weight excluding hydrogens is 277 g/mol. The fraction of sp³-hybridized carbons (Fsp3) is 0.267. The Labute approximate surface area is 122 Å². The highest BCUT2D eigenvalue weighted by molar-refractivity contribution is 6.30. The van der Waals surface area contributed by atoms with Gasteiger partial charge in [-0.15, -0.1) is 6.58 Å². The van der Waals surface area contributed by atoms with Crippen LogP contribution in [0, 0.1) is 5.82 Å². The third kappa shape index (κ3) is 2.70. The van der Waals surface area contributed by atoms with Gasteiger partial charge in [0.25, 0.3) is 0 Å². The van der Waals surface area contributed by atoms with Gasteiger partial charge in [-0.25, -0.2) is 9.37 Å². The van der Waals surface area contributed by atoms with Crippen molar-refractivity contribution in [2.45, 2.75) is 26.3 Å². The van der Waals surface area contributed by atoms with Gasteiger partial charge in [-0.2, -0.15) is 0 Å². The van der Waals surface area contributed by atoms with Crippen LogP contribution in [0.3, 0.4) is 0 Å². The second kappa shape index (κ2) is 6.09. The number of anilines is 1. The first-order valence-corrected chi connectivity index (χ1v) is 6.87. The van der Waals surface area contributed by atoms with Gasteiger partial charge in [-0.1, -0.05) is 24.6 Å². The topological polar surface area (TPSA) is 43.8 Å². The van der Waals surface area contributed by atoms with Crippen molar-refractivity contribution in [2.24, 2.45) is 0 Å². The minimum Gasteiger partial charge on any atom is -0.383 e. The van der Waals surface area contributed by atoms with E-state index in [1.165, 1.54) is 6.07 Å².